The predicted octanol–water partition coefficient (Wildman–Crippen LogP) is 1.47. The summed E-state index contributed by atoms with van der Waals surface area (Å²) >= 11 is 0. The van der Waals surface area contributed by atoms with Crippen LogP contribution >= 0.6 is 0 Å². The van der Waals surface area contributed by atoms with E-state index >= 15 is 0 Å². The van der Waals surface area contributed by atoms with Gasteiger partial charge < -0.3 is 14.2 Å². The molecular formula is C12H18O4. The number of carbonyl (C=O) groups is 1. The lowest BCUT2D eigenvalue weighted by Crippen LogP contribution is -2.23. The number of carbonyl (C=O) groups excluding carboxylic acids is 1. The van der Waals surface area contributed by atoms with Crippen molar-refractivity contribution in [3.63, 3.8) is 0 Å². The van der Waals surface area contributed by atoms with Crippen LogP contribution in [0.5, 0.6) is 0 Å². The monoisotopic (exact) mass is 226 g/mol. The maximum atomic E-state index is 11.2. The first-order chi connectivity index (χ1) is 7.59. The summed E-state index contributed by atoms with van der Waals surface area (Å²) < 4.78 is 15.7. The number of esters is 1. The van der Waals surface area contributed by atoms with Crippen molar-refractivity contribution >= 4 is 5.97 Å². The average Bonchev–Trinajstić information content (AvgIpc) is 2.70. The van der Waals surface area contributed by atoms with E-state index in [9.17, 15) is 4.79 Å². The van der Waals surface area contributed by atoms with Crippen LogP contribution in [0.2, 0.25) is 0 Å². The van der Waals surface area contributed by atoms with Crippen molar-refractivity contribution in [3.8, 4) is 0 Å². The van der Waals surface area contributed by atoms with Gasteiger partial charge in [0, 0.05) is 5.57 Å². The molecule has 0 saturated carbocycles. The van der Waals surface area contributed by atoms with E-state index in [1.807, 2.05) is 12.2 Å². The van der Waals surface area contributed by atoms with Crippen LogP contribution in [0, 0.1) is 0 Å². The molecular weight excluding hydrogens is 208 g/mol. The third-order valence-electron chi connectivity index (χ3n) is 2.05. The summed E-state index contributed by atoms with van der Waals surface area (Å²) in [4.78, 5) is 11.2. The van der Waals surface area contributed by atoms with E-state index in [-0.39, 0.29) is 18.2 Å². The number of ether oxygens (including phenoxy) is 3. The molecule has 0 aromatic rings. The first-order valence-electron chi connectivity index (χ1n) is 5.32. The van der Waals surface area contributed by atoms with Crippen molar-refractivity contribution < 1.29 is 19.0 Å². The van der Waals surface area contributed by atoms with Crippen LogP contribution in [0.25, 0.3) is 0 Å². The van der Waals surface area contributed by atoms with Gasteiger partial charge in [-0.25, -0.2) is 4.79 Å². The normalized spacial score (nSPS) is 20.8. The minimum absolute atomic E-state index is 0.0315. The van der Waals surface area contributed by atoms with Gasteiger partial charge in [0.15, 0.2) is 0 Å². The van der Waals surface area contributed by atoms with E-state index in [1.54, 1.807) is 13.8 Å². The van der Waals surface area contributed by atoms with E-state index in [0.29, 0.717) is 25.4 Å². The van der Waals surface area contributed by atoms with Gasteiger partial charge in [-0.1, -0.05) is 18.7 Å². The molecule has 0 fully saturated rings. The first-order valence-corrected chi connectivity index (χ1v) is 5.32. The molecule has 0 aliphatic carbocycles. The van der Waals surface area contributed by atoms with E-state index in [4.69, 9.17) is 14.2 Å². The van der Waals surface area contributed by atoms with Gasteiger partial charge in [-0.15, -0.1) is 0 Å². The average molecular weight is 226 g/mol. The molecule has 1 aliphatic heterocycles. The molecule has 4 heteroatoms. The number of rotatable bonds is 6. The second kappa shape index (κ2) is 6.45. The van der Waals surface area contributed by atoms with Crippen molar-refractivity contribution in [3.05, 3.63) is 24.3 Å². The van der Waals surface area contributed by atoms with Gasteiger partial charge in [0.2, 0.25) is 0 Å². The summed E-state index contributed by atoms with van der Waals surface area (Å²) in [5.74, 6) is -0.381. The Morgan fingerprint density at radius 3 is 3.00 bits per heavy atom. The lowest BCUT2D eigenvalue weighted by Gasteiger charge is -2.15. The highest BCUT2D eigenvalue weighted by molar-refractivity contribution is 5.87. The molecule has 16 heavy (non-hydrogen) atoms. The molecule has 0 aromatic heterocycles. The highest BCUT2D eigenvalue weighted by Crippen LogP contribution is 2.04. The molecule has 0 N–H and O–H groups in total. The molecule has 2 unspecified atom stereocenters. The Hall–Kier alpha value is -1.13. The summed E-state index contributed by atoms with van der Waals surface area (Å²) in [5, 5.41) is 0. The lowest BCUT2D eigenvalue weighted by atomic mass is 10.3. The van der Waals surface area contributed by atoms with Gasteiger partial charge in [0.05, 0.1) is 25.9 Å². The zero-order valence-corrected chi connectivity index (χ0v) is 9.77. The molecule has 0 bridgehead atoms. The van der Waals surface area contributed by atoms with Gasteiger partial charge >= 0.3 is 5.97 Å². The summed E-state index contributed by atoms with van der Waals surface area (Å²) in [7, 11) is 0. The van der Waals surface area contributed by atoms with Crippen LogP contribution in [0.4, 0.5) is 0 Å². The number of hydrogen-bond donors (Lipinski definition) is 0. The standard InChI is InChI=1S/C12H18O4/c1-9(2)12(13)16-10(3)7-14-8-11-5-4-6-15-11/h4-5,10-11H,1,6-8H2,2-3H3. The van der Waals surface area contributed by atoms with Gasteiger partial charge in [-0.2, -0.15) is 0 Å². The summed E-state index contributed by atoms with van der Waals surface area (Å²) in [6, 6.07) is 0. The molecule has 0 radical (unpaired) electrons. The SMILES string of the molecule is C=C(C)C(=O)OC(C)COCC1C=CCO1. The zero-order valence-electron chi connectivity index (χ0n) is 9.77. The first kappa shape index (κ1) is 12.9. The van der Waals surface area contributed by atoms with Gasteiger partial charge in [-0.3, -0.25) is 0 Å². The van der Waals surface area contributed by atoms with Crippen molar-refractivity contribution in [2.75, 3.05) is 19.8 Å². The van der Waals surface area contributed by atoms with Crippen molar-refractivity contribution in [1.82, 2.24) is 0 Å². The highest BCUT2D eigenvalue weighted by Gasteiger charge is 2.13. The molecule has 1 aliphatic rings. The van der Waals surface area contributed by atoms with Crippen LogP contribution in [0.1, 0.15) is 13.8 Å². The van der Waals surface area contributed by atoms with Gasteiger partial charge in [0.25, 0.3) is 0 Å². The largest absolute Gasteiger partial charge is 0.457 e. The maximum Gasteiger partial charge on any atom is 0.333 e. The molecule has 1 heterocycles. The zero-order chi connectivity index (χ0) is 12.0. The molecule has 2 atom stereocenters. The predicted molar refractivity (Wildman–Crippen MR) is 60.1 cm³/mol. The Morgan fingerprint density at radius 2 is 2.44 bits per heavy atom. The fraction of sp³-hybridized carbons (Fsp3) is 0.583. The lowest BCUT2D eigenvalue weighted by molar-refractivity contribution is -0.146. The van der Waals surface area contributed by atoms with E-state index < -0.39 is 0 Å². The Kier molecular flexibility index (Phi) is 5.22. The Bertz CT molecular complexity index is 283. The minimum atomic E-state index is -0.381. The quantitative estimate of drug-likeness (QED) is 0.391. The van der Waals surface area contributed by atoms with Gasteiger partial charge in [-0.05, 0) is 13.8 Å². The summed E-state index contributed by atoms with van der Waals surface area (Å²) in [6.07, 6.45) is 3.68. The fourth-order valence-corrected chi connectivity index (χ4v) is 1.21. The van der Waals surface area contributed by atoms with Crippen LogP contribution in [-0.2, 0) is 19.0 Å². The molecule has 90 valence electrons. The second-order valence-electron chi connectivity index (χ2n) is 3.83. The minimum Gasteiger partial charge on any atom is -0.457 e. The van der Waals surface area contributed by atoms with Crippen LogP contribution in [0.3, 0.4) is 0 Å². The molecule has 4 nitrogen and oxygen atoms in total. The molecule has 0 saturated heterocycles. The van der Waals surface area contributed by atoms with E-state index in [1.165, 1.54) is 0 Å². The Labute approximate surface area is 95.9 Å². The van der Waals surface area contributed by atoms with Crippen LogP contribution in [-0.4, -0.2) is 38.0 Å². The van der Waals surface area contributed by atoms with Crippen LogP contribution < -0.4 is 0 Å². The summed E-state index contributed by atoms with van der Waals surface area (Å²) in [6.45, 7) is 8.42. The Balaban J connectivity index is 2.10. The van der Waals surface area contributed by atoms with Crippen molar-refractivity contribution in [2.45, 2.75) is 26.1 Å². The molecule has 0 amide bonds. The molecule has 0 aromatic carbocycles. The summed E-state index contributed by atoms with van der Waals surface area (Å²) in [5.41, 5.74) is 0.397. The Morgan fingerprint density at radius 1 is 1.69 bits per heavy atom. The molecule has 0 spiro atoms. The number of hydrogen-bond acceptors (Lipinski definition) is 4. The maximum absolute atomic E-state index is 11.2. The van der Waals surface area contributed by atoms with Gasteiger partial charge in [0.1, 0.15) is 6.10 Å². The van der Waals surface area contributed by atoms with E-state index in [2.05, 4.69) is 6.58 Å². The van der Waals surface area contributed by atoms with E-state index in [0.717, 1.165) is 0 Å². The molecule has 1 rings (SSSR count). The topological polar surface area (TPSA) is 44.8 Å². The third kappa shape index (κ3) is 4.59. The third-order valence-corrected chi connectivity index (χ3v) is 2.05. The van der Waals surface area contributed by atoms with Crippen molar-refractivity contribution in [2.24, 2.45) is 0 Å². The smallest absolute Gasteiger partial charge is 0.333 e. The highest BCUT2D eigenvalue weighted by atomic mass is 16.6. The fourth-order valence-electron chi connectivity index (χ4n) is 1.21. The van der Waals surface area contributed by atoms with Crippen molar-refractivity contribution in [1.29, 1.82) is 0 Å². The second-order valence-corrected chi connectivity index (χ2v) is 3.83. The van der Waals surface area contributed by atoms with Crippen LogP contribution in [0.15, 0.2) is 24.3 Å².